The van der Waals surface area contributed by atoms with E-state index in [0.717, 1.165) is 26.7 Å². The quantitative estimate of drug-likeness (QED) is 0.162. The molecule has 2 rings (SSSR count). The maximum absolute atomic E-state index is 14.1. The smallest absolute Gasteiger partial charge is 0.380 e. The van der Waals surface area contributed by atoms with Crippen molar-refractivity contribution in [3.05, 3.63) is 64.7 Å². The summed E-state index contributed by atoms with van der Waals surface area (Å²) < 4.78 is 94.1. The van der Waals surface area contributed by atoms with E-state index in [2.05, 4.69) is 5.16 Å². The van der Waals surface area contributed by atoms with Crippen molar-refractivity contribution in [2.75, 3.05) is 5.32 Å². The van der Waals surface area contributed by atoms with Crippen molar-refractivity contribution in [2.45, 2.75) is 65.7 Å². The molecule has 2 aromatic carbocycles. The van der Waals surface area contributed by atoms with E-state index in [0.29, 0.717) is 12.1 Å². The number of hydrogen-bond donors (Lipinski definition) is 1. The van der Waals surface area contributed by atoms with Crippen molar-refractivity contribution in [3.63, 3.8) is 0 Å². The highest BCUT2D eigenvalue weighted by molar-refractivity contribution is 5.97. The van der Waals surface area contributed by atoms with Crippen molar-refractivity contribution in [3.8, 4) is 0 Å². The zero-order chi connectivity index (χ0) is 27.5. The Balaban J connectivity index is 2.11. The third-order valence-electron chi connectivity index (χ3n) is 5.43. The number of halogens is 7. The van der Waals surface area contributed by atoms with Crippen molar-refractivity contribution in [1.82, 2.24) is 0 Å². The van der Waals surface area contributed by atoms with Crippen LogP contribution in [0.4, 0.5) is 36.4 Å². The number of carbonyl (C=O) groups is 1. The van der Waals surface area contributed by atoms with Gasteiger partial charge in [-0.3, -0.25) is 4.79 Å². The molecule has 36 heavy (non-hydrogen) atoms. The number of benzene rings is 2. The van der Waals surface area contributed by atoms with E-state index >= 15 is 0 Å². The predicted molar refractivity (Wildman–Crippen MR) is 121 cm³/mol. The number of hydrogen-bond acceptors (Lipinski definition) is 3. The number of alkyl halides is 3. The van der Waals surface area contributed by atoms with Gasteiger partial charge in [-0.15, -0.1) is 0 Å². The van der Waals surface area contributed by atoms with Crippen LogP contribution in [0.25, 0.3) is 0 Å². The Morgan fingerprint density at radius 1 is 0.917 bits per heavy atom. The molecule has 0 unspecified atom stereocenters. The molecular weight excluding hydrogens is 493 g/mol. The summed E-state index contributed by atoms with van der Waals surface area (Å²) in [5.74, 6) is -11.4. The second kappa shape index (κ2) is 10.9. The molecule has 0 saturated carbocycles. The molecule has 11 heteroatoms. The normalized spacial score (nSPS) is 13.1. The summed E-state index contributed by atoms with van der Waals surface area (Å²) in [6, 6.07) is 9.85. The largest absolute Gasteiger partial charge is 0.422 e. The molecule has 0 fully saturated rings. The molecule has 0 bridgehead atoms. The second-order valence-electron chi connectivity index (χ2n) is 9.71. The lowest BCUT2D eigenvalue weighted by Crippen LogP contribution is -2.39. The van der Waals surface area contributed by atoms with Gasteiger partial charge in [0.05, 0.1) is 5.71 Å². The van der Waals surface area contributed by atoms with Gasteiger partial charge in [0.2, 0.25) is 5.60 Å². The van der Waals surface area contributed by atoms with Crippen molar-refractivity contribution in [2.24, 2.45) is 10.6 Å². The maximum Gasteiger partial charge on any atom is 0.422 e. The van der Waals surface area contributed by atoms with Crippen LogP contribution < -0.4 is 5.32 Å². The lowest BCUT2D eigenvalue weighted by molar-refractivity contribution is -0.143. The zero-order valence-electron chi connectivity index (χ0n) is 20.4. The van der Waals surface area contributed by atoms with Crippen LogP contribution in [-0.4, -0.2) is 17.2 Å². The van der Waals surface area contributed by atoms with Crippen molar-refractivity contribution < 1.29 is 40.4 Å². The van der Waals surface area contributed by atoms with Gasteiger partial charge in [-0.25, -0.2) is 17.6 Å². The molecular formula is C25H27F7N2O2. The SMILES string of the molecule is C/C(CC(C)(C)CCc1ccccc1)=N\OC(C)(C)C(=O)Nc1c(F)c(F)c(C(F)(F)F)c(F)c1F. The van der Waals surface area contributed by atoms with Crippen LogP contribution in [0.15, 0.2) is 35.5 Å². The Morgan fingerprint density at radius 2 is 1.44 bits per heavy atom. The highest BCUT2D eigenvalue weighted by atomic mass is 19.4. The predicted octanol–water partition coefficient (Wildman–Crippen LogP) is 7.42. The Bertz CT molecular complexity index is 1100. The molecule has 0 spiro atoms. The topological polar surface area (TPSA) is 50.7 Å². The standard InChI is InChI=1S/C25H27F7N2O2/c1-14(13-23(2,3)12-11-15-9-7-6-8-10-15)34-36-24(4,5)22(35)33-21-19(28)17(26)16(25(30,31)32)18(27)20(21)29/h6-10H,11-13H2,1-5H3,(H,33,35)/b34-14+. The first-order chi connectivity index (χ1) is 16.5. The summed E-state index contributed by atoms with van der Waals surface area (Å²) in [6.07, 6.45) is -3.57. The Kier molecular flexibility index (Phi) is 8.80. The molecule has 0 atom stereocenters. The third kappa shape index (κ3) is 7.20. The average Bonchev–Trinajstić information content (AvgIpc) is 2.77. The first-order valence-corrected chi connectivity index (χ1v) is 11.0. The Morgan fingerprint density at radius 3 is 1.94 bits per heavy atom. The Labute approximate surface area is 204 Å². The minimum absolute atomic E-state index is 0.194. The van der Waals surface area contributed by atoms with Crippen LogP contribution in [0.5, 0.6) is 0 Å². The number of anilines is 1. The molecule has 0 aromatic heterocycles. The first kappa shape index (κ1) is 29.1. The van der Waals surface area contributed by atoms with Gasteiger partial charge in [0.25, 0.3) is 5.91 Å². The maximum atomic E-state index is 14.1. The minimum atomic E-state index is -5.69. The summed E-state index contributed by atoms with van der Waals surface area (Å²) in [6.45, 7) is 8.01. The fourth-order valence-corrected chi connectivity index (χ4v) is 3.43. The fourth-order valence-electron chi connectivity index (χ4n) is 3.43. The highest BCUT2D eigenvalue weighted by Gasteiger charge is 2.43. The molecule has 0 radical (unpaired) electrons. The van der Waals surface area contributed by atoms with E-state index in [-0.39, 0.29) is 5.41 Å². The van der Waals surface area contributed by atoms with Gasteiger partial charge in [0.1, 0.15) is 11.3 Å². The average molecular weight is 520 g/mol. The van der Waals surface area contributed by atoms with Crippen LogP contribution in [-0.2, 0) is 22.2 Å². The number of carbonyl (C=O) groups excluding carboxylic acids is 1. The number of nitrogens with zero attached hydrogens (tertiary/aromatic N) is 1. The molecule has 0 aliphatic heterocycles. The molecule has 1 N–H and O–H groups in total. The monoisotopic (exact) mass is 520 g/mol. The molecule has 4 nitrogen and oxygen atoms in total. The van der Waals surface area contributed by atoms with Gasteiger partial charge in [-0.05, 0) is 51.0 Å². The van der Waals surface area contributed by atoms with E-state index in [4.69, 9.17) is 4.84 Å². The van der Waals surface area contributed by atoms with Gasteiger partial charge in [0, 0.05) is 0 Å². The Hall–Kier alpha value is -3.11. The summed E-state index contributed by atoms with van der Waals surface area (Å²) in [5, 5.41) is 5.46. The third-order valence-corrected chi connectivity index (χ3v) is 5.43. The molecule has 0 heterocycles. The lowest BCUT2D eigenvalue weighted by atomic mass is 9.82. The van der Waals surface area contributed by atoms with Crippen LogP contribution in [0.3, 0.4) is 0 Å². The summed E-state index contributed by atoms with van der Waals surface area (Å²) in [5.41, 5.74) is -4.86. The van der Waals surface area contributed by atoms with Gasteiger partial charge in [-0.1, -0.05) is 49.3 Å². The van der Waals surface area contributed by atoms with Gasteiger partial charge in [0.15, 0.2) is 23.3 Å². The van der Waals surface area contributed by atoms with Crippen molar-refractivity contribution in [1.29, 1.82) is 0 Å². The summed E-state index contributed by atoms with van der Waals surface area (Å²) in [7, 11) is 0. The number of oxime groups is 1. The van der Waals surface area contributed by atoms with Gasteiger partial charge >= 0.3 is 6.18 Å². The van der Waals surface area contributed by atoms with E-state index in [1.165, 1.54) is 5.56 Å². The van der Waals surface area contributed by atoms with E-state index in [1.807, 2.05) is 44.2 Å². The fraction of sp³-hybridized carbons (Fsp3) is 0.440. The van der Waals surface area contributed by atoms with Gasteiger partial charge in [-0.2, -0.15) is 13.2 Å². The number of rotatable bonds is 9. The number of aryl methyl sites for hydroxylation is 1. The molecule has 2 aromatic rings. The lowest BCUT2D eigenvalue weighted by Gasteiger charge is -2.26. The van der Waals surface area contributed by atoms with E-state index < -0.39 is 52.2 Å². The molecule has 0 saturated heterocycles. The first-order valence-electron chi connectivity index (χ1n) is 11.0. The van der Waals surface area contributed by atoms with Crippen LogP contribution in [0.2, 0.25) is 0 Å². The van der Waals surface area contributed by atoms with Crippen LogP contribution >= 0.6 is 0 Å². The van der Waals surface area contributed by atoms with Crippen LogP contribution in [0, 0.1) is 28.7 Å². The molecule has 0 aliphatic carbocycles. The number of amides is 1. The number of nitrogens with one attached hydrogen (secondary N) is 1. The molecule has 1 amide bonds. The highest BCUT2D eigenvalue weighted by Crippen LogP contribution is 2.38. The van der Waals surface area contributed by atoms with Crippen molar-refractivity contribution >= 4 is 17.3 Å². The second-order valence-corrected chi connectivity index (χ2v) is 9.71. The van der Waals surface area contributed by atoms with Gasteiger partial charge < -0.3 is 10.2 Å². The van der Waals surface area contributed by atoms with E-state index in [9.17, 15) is 35.5 Å². The summed E-state index contributed by atoms with van der Waals surface area (Å²) in [4.78, 5) is 17.7. The minimum Gasteiger partial charge on any atom is -0.380 e. The molecule has 198 valence electrons. The van der Waals surface area contributed by atoms with Crippen LogP contribution in [0.1, 0.15) is 58.6 Å². The van der Waals surface area contributed by atoms with E-state index in [1.54, 1.807) is 12.2 Å². The molecule has 0 aliphatic rings. The zero-order valence-corrected chi connectivity index (χ0v) is 20.4. The summed E-state index contributed by atoms with van der Waals surface area (Å²) >= 11 is 0.